The molecule has 1 aromatic carbocycles. The Bertz CT molecular complexity index is 1010. The van der Waals surface area contributed by atoms with Crippen LogP contribution in [0.15, 0.2) is 46.7 Å². The smallest absolute Gasteiger partial charge is 0.252 e. The van der Waals surface area contributed by atoms with Crippen LogP contribution in [0.3, 0.4) is 0 Å². The fourth-order valence-corrected chi connectivity index (χ4v) is 6.85. The number of thiophene rings is 1. The van der Waals surface area contributed by atoms with Crippen molar-refractivity contribution in [2.24, 2.45) is 5.92 Å². The number of piperidine rings is 1. The third kappa shape index (κ3) is 4.43. The lowest BCUT2D eigenvalue weighted by molar-refractivity contribution is -0.126. The minimum atomic E-state index is -3.45. The number of hydrogen-bond acceptors (Lipinski definition) is 5. The van der Waals surface area contributed by atoms with Gasteiger partial charge in [-0.2, -0.15) is 4.31 Å². The molecule has 1 N–H and O–H groups in total. The van der Waals surface area contributed by atoms with E-state index < -0.39 is 15.9 Å². The molecule has 7 nitrogen and oxygen atoms in total. The summed E-state index contributed by atoms with van der Waals surface area (Å²) in [6.07, 6.45) is 3.04. The van der Waals surface area contributed by atoms with E-state index in [0.29, 0.717) is 23.8 Å². The van der Waals surface area contributed by atoms with E-state index in [1.807, 2.05) is 30.3 Å². The fourth-order valence-electron chi connectivity index (χ4n) is 3.88. The van der Waals surface area contributed by atoms with Crippen LogP contribution in [-0.4, -0.2) is 44.2 Å². The van der Waals surface area contributed by atoms with Gasteiger partial charge >= 0.3 is 0 Å². The van der Waals surface area contributed by atoms with Gasteiger partial charge in [-0.3, -0.25) is 9.59 Å². The van der Waals surface area contributed by atoms with E-state index >= 15 is 0 Å². The van der Waals surface area contributed by atoms with Crippen LogP contribution < -0.4 is 10.2 Å². The van der Waals surface area contributed by atoms with Crippen LogP contribution in [0.4, 0.5) is 5.69 Å². The maximum atomic E-state index is 12.8. The summed E-state index contributed by atoms with van der Waals surface area (Å²) >= 11 is 1.19. The quantitative estimate of drug-likeness (QED) is 0.737. The number of hydrogen-bond donors (Lipinski definition) is 1. The van der Waals surface area contributed by atoms with Crippen molar-refractivity contribution in [3.63, 3.8) is 0 Å². The second-order valence-corrected chi connectivity index (χ2v) is 11.0. The Morgan fingerprint density at radius 2 is 1.80 bits per heavy atom. The maximum absolute atomic E-state index is 12.8. The minimum absolute atomic E-state index is 0.0626. The van der Waals surface area contributed by atoms with Gasteiger partial charge in [0.05, 0.1) is 12.5 Å². The van der Waals surface area contributed by atoms with Crippen molar-refractivity contribution in [1.29, 1.82) is 0 Å². The van der Waals surface area contributed by atoms with E-state index in [1.165, 1.54) is 11.3 Å². The zero-order valence-corrected chi connectivity index (χ0v) is 18.3. The summed E-state index contributed by atoms with van der Waals surface area (Å²) in [6.45, 7) is 1.75. The molecule has 0 aliphatic carbocycles. The molecule has 4 rings (SSSR count). The first-order chi connectivity index (χ1) is 14.4. The molecule has 2 aliphatic rings. The molecular formula is C21H25N3O4S2. The SMILES string of the molecule is O=C(NCc1ccc(S(=O)(=O)N2CCCCC2)s1)C1CC(=O)N(c2ccccc2)C1. The number of rotatable bonds is 6. The Hall–Kier alpha value is -2.23. The van der Waals surface area contributed by atoms with Crippen molar-refractivity contribution in [2.75, 3.05) is 24.5 Å². The van der Waals surface area contributed by atoms with E-state index in [4.69, 9.17) is 0 Å². The monoisotopic (exact) mass is 447 g/mol. The molecule has 1 atom stereocenters. The summed E-state index contributed by atoms with van der Waals surface area (Å²) in [5.74, 6) is -0.655. The molecular weight excluding hydrogens is 422 g/mol. The summed E-state index contributed by atoms with van der Waals surface area (Å²) in [6, 6.07) is 12.7. The molecule has 0 spiro atoms. The molecule has 1 unspecified atom stereocenters. The molecule has 0 saturated carbocycles. The van der Waals surface area contributed by atoms with E-state index in [9.17, 15) is 18.0 Å². The van der Waals surface area contributed by atoms with E-state index in [1.54, 1.807) is 21.3 Å². The van der Waals surface area contributed by atoms with Crippen molar-refractivity contribution in [1.82, 2.24) is 9.62 Å². The number of sulfonamides is 1. The molecule has 2 saturated heterocycles. The minimum Gasteiger partial charge on any atom is -0.351 e. The van der Waals surface area contributed by atoms with E-state index in [0.717, 1.165) is 29.8 Å². The van der Waals surface area contributed by atoms with Gasteiger partial charge in [0.25, 0.3) is 10.0 Å². The highest BCUT2D eigenvalue weighted by Gasteiger charge is 2.35. The topological polar surface area (TPSA) is 86.8 Å². The molecule has 160 valence electrons. The fraction of sp³-hybridized carbons (Fsp3) is 0.429. The van der Waals surface area contributed by atoms with Crippen molar-refractivity contribution in [2.45, 2.75) is 36.4 Å². The van der Waals surface area contributed by atoms with Crippen molar-refractivity contribution in [3.05, 3.63) is 47.3 Å². The Labute approximate surface area is 180 Å². The second kappa shape index (κ2) is 8.87. The molecule has 2 aliphatic heterocycles. The average Bonchev–Trinajstić information content (AvgIpc) is 3.40. The molecule has 1 aromatic heterocycles. The number of amides is 2. The van der Waals surface area contributed by atoms with Crippen LogP contribution in [-0.2, 0) is 26.2 Å². The maximum Gasteiger partial charge on any atom is 0.252 e. The zero-order chi connectivity index (χ0) is 21.1. The number of carbonyl (C=O) groups is 2. The highest BCUT2D eigenvalue weighted by molar-refractivity contribution is 7.91. The lowest BCUT2D eigenvalue weighted by atomic mass is 10.1. The Morgan fingerprint density at radius 1 is 1.07 bits per heavy atom. The van der Waals surface area contributed by atoms with E-state index in [-0.39, 0.29) is 24.8 Å². The van der Waals surface area contributed by atoms with Crippen molar-refractivity contribution >= 4 is 38.9 Å². The second-order valence-electron chi connectivity index (χ2n) is 7.64. The van der Waals surface area contributed by atoms with Crippen molar-refractivity contribution < 1.29 is 18.0 Å². The summed E-state index contributed by atoms with van der Waals surface area (Å²) in [5.41, 5.74) is 0.795. The van der Waals surface area contributed by atoms with Gasteiger partial charge in [-0.15, -0.1) is 11.3 Å². The van der Waals surface area contributed by atoms with Crippen LogP contribution >= 0.6 is 11.3 Å². The van der Waals surface area contributed by atoms with Gasteiger partial charge in [-0.05, 0) is 37.1 Å². The molecule has 2 fully saturated rings. The Morgan fingerprint density at radius 3 is 2.53 bits per heavy atom. The number of nitrogens with zero attached hydrogens (tertiary/aromatic N) is 2. The predicted octanol–water partition coefficient (Wildman–Crippen LogP) is 2.59. The first kappa shape index (κ1) is 21.0. The Balaban J connectivity index is 1.34. The van der Waals surface area contributed by atoms with Crippen LogP contribution in [0.5, 0.6) is 0 Å². The first-order valence-electron chi connectivity index (χ1n) is 10.2. The summed E-state index contributed by atoms with van der Waals surface area (Å²) in [4.78, 5) is 27.3. The van der Waals surface area contributed by atoms with Crippen LogP contribution in [0, 0.1) is 5.92 Å². The molecule has 9 heteroatoms. The van der Waals surface area contributed by atoms with Crippen LogP contribution in [0.25, 0.3) is 0 Å². The normalized spacial score (nSPS) is 20.5. The standard InChI is InChI=1S/C21H25N3O4S2/c25-19-13-16(15-24(19)17-7-3-1-4-8-17)21(26)22-14-18-9-10-20(29-18)30(27,28)23-11-5-2-6-12-23/h1,3-4,7-10,16H,2,5-6,11-15H2,(H,22,26). The summed E-state index contributed by atoms with van der Waals surface area (Å²) in [7, 11) is -3.45. The van der Waals surface area contributed by atoms with Gasteiger partial charge in [0.15, 0.2) is 0 Å². The number of nitrogens with one attached hydrogen (secondary N) is 1. The van der Waals surface area contributed by atoms with Gasteiger partial charge in [-0.25, -0.2) is 8.42 Å². The number of benzene rings is 1. The number of para-hydroxylation sites is 1. The third-order valence-corrected chi connectivity index (χ3v) is 9.00. The third-order valence-electron chi connectivity index (χ3n) is 5.55. The number of anilines is 1. The van der Waals surface area contributed by atoms with Gasteiger partial charge in [0.2, 0.25) is 11.8 Å². The summed E-state index contributed by atoms with van der Waals surface area (Å²) < 4.78 is 27.4. The van der Waals surface area contributed by atoms with Gasteiger partial charge in [-0.1, -0.05) is 24.6 Å². The molecule has 3 heterocycles. The molecule has 2 amide bonds. The molecule has 0 bridgehead atoms. The lowest BCUT2D eigenvalue weighted by Crippen LogP contribution is -2.35. The van der Waals surface area contributed by atoms with Gasteiger partial charge in [0, 0.05) is 36.6 Å². The summed E-state index contributed by atoms with van der Waals surface area (Å²) in [5, 5.41) is 2.86. The van der Waals surface area contributed by atoms with Crippen LogP contribution in [0.2, 0.25) is 0 Å². The van der Waals surface area contributed by atoms with E-state index in [2.05, 4.69) is 5.32 Å². The highest BCUT2D eigenvalue weighted by atomic mass is 32.2. The molecule has 30 heavy (non-hydrogen) atoms. The van der Waals surface area contributed by atoms with Gasteiger partial charge in [0.1, 0.15) is 4.21 Å². The van der Waals surface area contributed by atoms with Crippen molar-refractivity contribution in [3.8, 4) is 0 Å². The first-order valence-corrected chi connectivity index (χ1v) is 12.4. The average molecular weight is 448 g/mol. The Kier molecular flexibility index (Phi) is 6.21. The van der Waals surface area contributed by atoms with Crippen LogP contribution in [0.1, 0.15) is 30.6 Å². The van der Waals surface area contributed by atoms with Gasteiger partial charge < -0.3 is 10.2 Å². The number of carbonyl (C=O) groups excluding carboxylic acids is 2. The molecule has 0 radical (unpaired) electrons. The zero-order valence-electron chi connectivity index (χ0n) is 16.6. The largest absolute Gasteiger partial charge is 0.351 e. The lowest BCUT2D eigenvalue weighted by Gasteiger charge is -2.25. The molecule has 2 aromatic rings. The predicted molar refractivity (Wildman–Crippen MR) is 116 cm³/mol. The highest BCUT2D eigenvalue weighted by Crippen LogP contribution is 2.28.